The number of ether oxygens (including phenoxy) is 2. The molecule has 0 unspecified atom stereocenters. The second-order valence-corrected chi connectivity index (χ2v) is 8.35. The van der Waals surface area contributed by atoms with Crippen molar-refractivity contribution >= 4 is 21.9 Å². The molecule has 1 aliphatic rings. The molecular weight excluding hydrogens is 386 g/mol. The average Bonchev–Trinajstić information content (AvgIpc) is 2.84. The Hall–Kier alpha value is -3.07. The maximum atomic E-state index is 12.9. The highest BCUT2D eigenvalue weighted by Gasteiger charge is 2.44. The van der Waals surface area contributed by atoms with Gasteiger partial charge in [0.2, 0.25) is 0 Å². The lowest BCUT2D eigenvalue weighted by atomic mass is 9.96. The minimum absolute atomic E-state index is 0.0334. The first-order chi connectivity index (χ1) is 13.2. The fourth-order valence-electron chi connectivity index (χ4n) is 2.93. The van der Waals surface area contributed by atoms with Gasteiger partial charge in [0.05, 0.1) is 18.2 Å². The number of phenols is 1. The second kappa shape index (κ2) is 7.16. The van der Waals surface area contributed by atoms with Gasteiger partial charge in [-0.25, -0.2) is 13.2 Å². The molecule has 2 aromatic carbocycles. The zero-order chi connectivity index (χ0) is 20.6. The molecule has 0 saturated heterocycles. The van der Waals surface area contributed by atoms with Crippen LogP contribution in [0.25, 0.3) is 0 Å². The van der Waals surface area contributed by atoms with Gasteiger partial charge in [0.1, 0.15) is 16.4 Å². The summed E-state index contributed by atoms with van der Waals surface area (Å²) >= 11 is 0. The molecule has 2 aromatic rings. The predicted octanol–water partition coefficient (Wildman–Crippen LogP) is 2.48. The van der Waals surface area contributed by atoms with Crippen molar-refractivity contribution in [2.75, 3.05) is 13.8 Å². The van der Waals surface area contributed by atoms with Gasteiger partial charge in [0.15, 0.2) is 6.73 Å². The molecule has 0 bridgehead atoms. The third kappa shape index (κ3) is 3.29. The molecular formula is C19H19NO7S. The fourth-order valence-corrected chi connectivity index (χ4v) is 4.40. The predicted molar refractivity (Wildman–Crippen MR) is 98.8 cm³/mol. The van der Waals surface area contributed by atoms with E-state index in [0.717, 1.165) is 0 Å². The van der Waals surface area contributed by atoms with Crippen LogP contribution in [0, 0.1) is 0 Å². The van der Waals surface area contributed by atoms with Crippen molar-refractivity contribution < 1.29 is 32.6 Å². The molecule has 0 spiro atoms. The number of benzene rings is 2. The van der Waals surface area contributed by atoms with Gasteiger partial charge in [-0.1, -0.05) is 19.9 Å². The van der Waals surface area contributed by atoms with E-state index in [0.29, 0.717) is 15.6 Å². The van der Waals surface area contributed by atoms with Crippen LogP contribution in [0.5, 0.6) is 11.5 Å². The van der Waals surface area contributed by atoms with E-state index in [1.165, 1.54) is 37.4 Å². The van der Waals surface area contributed by atoms with E-state index in [-0.39, 0.29) is 27.7 Å². The third-order valence-electron chi connectivity index (χ3n) is 4.37. The number of fused-ring (bicyclic) bond motifs is 1. The van der Waals surface area contributed by atoms with Gasteiger partial charge in [-0.05, 0) is 35.7 Å². The third-order valence-corrected chi connectivity index (χ3v) is 6.10. The van der Waals surface area contributed by atoms with E-state index in [1.54, 1.807) is 6.07 Å². The molecule has 28 heavy (non-hydrogen) atoms. The highest BCUT2D eigenvalue weighted by Crippen LogP contribution is 2.38. The number of carbonyl (C=O) groups is 2. The Labute approximate surface area is 162 Å². The summed E-state index contributed by atoms with van der Waals surface area (Å²) in [6, 6.07) is 8.31. The van der Waals surface area contributed by atoms with Gasteiger partial charge >= 0.3 is 5.97 Å². The monoisotopic (exact) mass is 405 g/mol. The normalized spacial score (nSPS) is 14.9. The quantitative estimate of drug-likeness (QED) is 0.761. The highest BCUT2D eigenvalue weighted by atomic mass is 32.2. The summed E-state index contributed by atoms with van der Waals surface area (Å²) in [4.78, 5) is 24.8. The topological polar surface area (TPSA) is 110 Å². The molecule has 3 rings (SSSR count). The van der Waals surface area contributed by atoms with Gasteiger partial charge in [-0.2, -0.15) is 4.31 Å². The Morgan fingerprint density at radius 1 is 1.21 bits per heavy atom. The van der Waals surface area contributed by atoms with E-state index < -0.39 is 28.6 Å². The molecule has 1 aliphatic heterocycles. The standard InChI is InChI=1S/C19H19NO7S/c1-11(2)15-8-14(26-3)9-16-17(15)18(22)20(28(16,24)25)10-27-19(23)12-5-4-6-13(21)7-12/h4-9,11,21H,10H2,1-3H3. The Morgan fingerprint density at radius 3 is 2.54 bits per heavy atom. The van der Waals surface area contributed by atoms with Crippen LogP contribution in [0.15, 0.2) is 41.3 Å². The Balaban J connectivity index is 1.92. The van der Waals surface area contributed by atoms with Crippen molar-refractivity contribution in [2.45, 2.75) is 24.7 Å². The number of phenolic OH excluding ortho intramolecular Hbond substituents is 1. The molecule has 0 radical (unpaired) electrons. The van der Waals surface area contributed by atoms with E-state index in [1.807, 2.05) is 13.8 Å². The highest BCUT2D eigenvalue weighted by molar-refractivity contribution is 7.90. The number of sulfonamides is 1. The first-order valence-corrected chi connectivity index (χ1v) is 9.86. The van der Waals surface area contributed by atoms with Gasteiger partial charge in [-0.15, -0.1) is 0 Å². The number of carbonyl (C=O) groups excluding carboxylic acids is 2. The van der Waals surface area contributed by atoms with Crippen molar-refractivity contribution in [3.05, 3.63) is 53.1 Å². The van der Waals surface area contributed by atoms with Gasteiger partial charge < -0.3 is 14.6 Å². The molecule has 1 heterocycles. The van der Waals surface area contributed by atoms with Crippen LogP contribution in [0.4, 0.5) is 0 Å². The molecule has 0 aliphatic carbocycles. The Bertz CT molecular complexity index is 1060. The number of rotatable bonds is 5. The molecule has 0 saturated carbocycles. The van der Waals surface area contributed by atoms with Crippen molar-refractivity contribution in [3.8, 4) is 11.5 Å². The summed E-state index contributed by atoms with van der Waals surface area (Å²) in [5.74, 6) is -1.57. The number of methoxy groups -OCH3 is 1. The number of amides is 1. The van der Waals surface area contributed by atoms with Crippen molar-refractivity contribution in [1.82, 2.24) is 4.31 Å². The van der Waals surface area contributed by atoms with E-state index >= 15 is 0 Å². The number of nitrogens with zero attached hydrogens (tertiary/aromatic N) is 1. The Kier molecular flexibility index (Phi) is 5.03. The molecule has 8 nitrogen and oxygen atoms in total. The summed E-state index contributed by atoms with van der Waals surface area (Å²) in [6.45, 7) is 2.89. The van der Waals surface area contributed by atoms with E-state index in [4.69, 9.17) is 9.47 Å². The van der Waals surface area contributed by atoms with Crippen LogP contribution in [0.1, 0.15) is 46.0 Å². The molecule has 0 aromatic heterocycles. The van der Waals surface area contributed by atoms with Crippen LogP contribution in [0.3, 0.4) is 0 Å². The van der Waals surface area contributed by atoms with Gasteiger partial charge in [0.25, 0.3) is 15.9 Å². The minimum Gasteiger partial charge on any atom is -0.508 e. The summed E-state index contributed by atoms with van der Waals surface area (Å²) in [5.41, 5.74) is 0.625. The maximum Gasteiger partial charge on any atom is 0.340 e. The summed E-state index contributed by atoms with van der Waals surface area (Å²) in [7, 11) is -2.79. The zero-order valence-corrected chi connectivity index (χ0v) is 16.3. The van der Waals surface area contributed by atoms with Crippen LogP contribution < -0.4 is 4.74 Å². The number of esters is 1. The smallest absolute Gasteiger partial charge is 0.340 e. The van der Waals surface area contributed by atoms with Crippen LogP contribution in [-0.2, 0) is 14.8 Å². The van der Waals surface area contributed by atoms with Crippen molar-refractivity contribution in [3.63, 3.8) is 0 Å². The number of hydrogen-bond acceptors (Lipinski definition) is 7. The lowest BCUT2D eigenvalue weighted by Gasteiger charge is -2.15. The summed E-state index contributed by atoms with van der Waals surface area (Å²) in [6.07, 6.45) is 0. The zero-order valence-electron chi connectivity index (χ0n) is 15.5. The largest absolute Gasteiger partial charge is 0.508 e. The molecule has 9 heteroatoms. The lowest BCUT2D eigenvalue weighted by Crippen LogP contribution is -2.33. The summed E-state index contributed by atoms with van der Waals surface area (Å²) in [5, 5.41) is 9.44. The molecule has 1 N–H and O–H groups in total. The summed E-state index contributed by atoms with van der Waals surface area (Å²) < 4.78 is 36.4. The second-order valence-electron chi connectivity index (χ2n) is 6.51. The molecule has 1 amide bonds. The Morgan fingerprint density at radius 2 is 1.93 bits per heavy atom. The SMILES string of the molecule is COc1cc(C(C)C)c2c(c1)S(=O)(=O)N(COC(=O)c1cccc(O)c1)C2=O. The van der Waals surface area contributed by atoms with Gasteiger partial charge in [0, 0.05) is 6.07 Å². The molecule has 0 fully saturated rings. The van der Waals surface area contributed by atoms with Gasteiger partial charge in [-0.3, -0.25) is 4.79 Å². The first kappa shape index (κ1) is 19.7. The van der Waals surface area contributed by atoms with Crippen LogP contribution in [0.2, 0.25) is 0 Å². The van der Waals surface area contributed by atoms with Crippen LogP contribution >= 0.6 is 0 Å². The van der Waals surface area contributed by atoms with Crippen LogP contribution in [-0.4, -0.2) is 43.5 Å². The fraction of sp³-hybridized carbons (Fsp3) is 0.263. The lowest BCUT2D eigenvalue weighted by molar-refractivity contribution is 0.0357. The van der Waals surface area contributed by atoms with Crippen molar-refractivity contribution in [1.29, 1.82) is 0 Å². The van der Waals surface area contributed by atoms with E-state index in [2.05, 4.69) is 0 Å². The molecule has 0 atom stereocenters. The van der Waals surface area contributed by atoms with Crippen molar-refractivity contribution in [2.24, 2.45) is 0 Å². The molecule has 148 valence electrons. The first-order valence-electron chi connectivity index (χ1n) is 8.42. The number of aromatic hydroxyl groups is 1. The number of hydrogen-bond donors (Lipinski definition) is 1. The maximum absolute atomic E-state index is 12.9. The minimum atomic E-state index is -4.19. The van der Waals surface area contributed by atoms with E-state index in [9.17, 15) is 23.1 Å². The average molecular weight is 405 g/mol.